The summed E-state index contributed by atoms with van der Waals surface area (Å²) in [7, 11) is 5.91. The summed E-state index contributed by atoms with van der Waals surface area (Å²) in [5.41, 5.74) is 0. The molecule has 0 aromatic rings. The Balaban J connectivity index is 4.30. The molecule has 378 valence electrons. The minimum absolute atomic E-state index is 0.145. The van der Waals surface area contributed by atoms with E-state index in [1.165, 1.54) is 122 Å². The second-order valence-corrected chi connectivity index (χ2v) is 19.2. The number of ether oxygens (including phenoxy) is 4. The normalized spacial score (nSPS) is 13.2. The molecular formula is C56H101NO8. The van der Waals surface area contributed by atoms with Gasteiger partial charge >= 0.3 is 11.9 Å². The summed E-state index contributed by atoms with van der Waals surface area (Å²) in [6.45, 7) is 4.72. The van der Waals surface area contributed by atoms with Crippen molar-refractivity contribution in [2.75, 3.05) is 47.5 Å². The summed E-state index contributed by atoms with van der Waals surface area (Å²) in [5, 5.41) is 11.7. The Morgan fingerprint density at radius 2 is 0.831 bits per heavy atom. The van der Waals surface area contributed by atoms with Crippen LogP contribution in [0.25, 0.3) is 0 Å². The predicted molar refractivity (Wildman–Crippen MR) is 269 cm³/mol. The number of carboxylic acid groups (broad SMARTS) is 1. The Bertz CT molecular complexity index is 1210. The van der Waals surface area contributed by atoms with Crippen LogP contribution in [-0.4, -0.2) is 82.3 Å². The molecule has 0 aromatic heterocycles. The van der Waals surface area contributed by atoms with Gasteiger partial charge in [0, 0.05) is 12.8 Å². The summed E-state index contributed by atoms with van der Waals surface area (Å²) < 4.78 is 22.6. The van der Waals surface area contributed by atoms with E-state index in [2.05, 4.69) is 62.5 Å². The fraction of sp³-hybridized carbons (Fsp3) is 0.804. The molecule has 65 heavy (non-hydrogen) atoms. The van der Waals surface area contributed by atoms with E-state index < -0.39 is 24.3 Å². The third-order valence-corrected chi connectivity index (χ3v) is 11.5. The van der Waals surface area contributed by atoms with Crippen molar-refractivity contribution in [2.24, 2.45) is 0 Å². The van der Waals surface area contributed by atoms with E-state index >= 15 is 0 Å². The molecule has 0 aliphatic carbocycles. The monoisotopic (exact) mass is 916 g/mol. The molecule has 0 saturated carbocycles. The Hall–Kier alpha value is -2.75. The number of esters is 2. The van der Waals surface area contributed by atoms with Gasteiger partial charge in [-0.25, -0.2) is 0 Å². The number of likely N-dealkylation sites (N-methyl/N-ethyl adjacent to an activating group) is 1. The Morgan fingerprint density at radius 1 is 0.462 bits per heavy atom. The lowest BCUT2D eigenvalue weighted by molar-refractivity contribution is -0.870. The van der Waals surface area contributed by atoms with E-state index in [0.29, 0.717) is 17.4 Å². The van der Waals surface area contributed by atoms with E-state index in [1.807, 2.05) is 21.1 Å². The number of allylic oxidation sites excluding steroid dienone is 8. The maximum atomic E-state index is 12.8. The minimum Gasteiger partial charge on any atom is -0.545 e. The number of nitrogens with zero attached hydrogens (tertiary/aromatic N) is 1. The highest BCUT2D eigenvalue weighted by molar-refractivity contribution is 5.70. The maximum absolute atomic E-state index is 12.8. The van der Waals surface area contributed by atoms with Gasteiger partial charge in [-0.3, -0.25) is 9.59 Å². The van der Waals surface area contributed by atoms with Crippen molar-refractivity contribution in [2.45, 2.75) is 245 Å². The first kappa shape index (κ1) is 62.2. The van der Waals surface area contributed by atoms with Gasteiger partial charge in [-0.05, 0) is 77.0 Å². The van der Waals surface area contributed by atoms with Crippen molar-refractivity contribution in [3.05, 3.63) is 48.6 Å². The average Bonchev–Trinajstić information content (AvgIpc) is 3.27. The Kier molecular flexibility index (Phi) is 45.7. The van der Waals surface area contributed by atoms with Gasteiger partial charge in [-0.1, -0.05) is 191 Å². The summed E-state index contributed by atoms with van der Waals surface area (Å²) in [6.07, 6.45) is 54.3. The molecule has 0 fully saturated rings. The summed E-state index contributed by atoms with van der Waals surface area (Å²) in [5.74, 6) is -2.30. The largest absolute Gasteiger partial charge is 0.545 e. The van der Waals surface area contributed by atoms with Crippen LogP contribution in [0.3, 0.4) is 0 Å². The maximum Gasteiger partial charge on any atom is 0.306 e. The second kappa shape index (κ2) is 47.7. The van der Waals surface area contributed by atoms with Crippen LogP contribution in [0.1, 0.15) is 232 Å². The van der Waals surface area contributed by atoms with E-state index in [4.69, 9.17) is 18.9 Å². The van der Waals surface area contributed by atoms with Crippen LogP contribution in [0, 0.1) is 0 Å². The molecule has 2 unspecified atom stereocenters. The summed E-state index contributed by atoms with van der Waals surface area (Å²) >= 11 is 0. The van der Waals surface area contributed by atoms with E-state index in [0.717, 1.165) is 77.0 Å². The lowest BCUT2D eigenvalue weighted by atomic mass is 10.0. The standard InChI is InChI=1S/C56H101NO8/c1-6-8-10-12-14-16-18-20-22-23-24-25-26-27-28-29-30-31-33-35-37-39-41-43-45-47-54(59)65-52(51-64-56(55(60)61)62-49-48-57(3,4)5)50-63-53(58)46-44-42-40-38-36-34-32-21-19-17-15-13-11-9-7-2/h18,20-21,23-24,26-27,32,52,56H,6-17,19,22,25,28-31,33-51H2,1-5H3/b20-18-,24-23-,27-26-,32-21-. The zero-order valence-corrected chi connectivity index (χ0v) is 42.9. The number of carbonyl (C=O) groups is 3. The van der Waals surface area contributed by atoms with Gasteiger partial charge in [0.25, 0.3) is 0 Å². The number of rotatable bonds is 49. The van der Waals surface area contributed by atoms with Gasteiger partial charge in [0.05, 0.1) is 40.3 Å². The molecule has 0 aromatic carbocycles. The fourth-order valence-electron chi connectivity index (χ4n) is 7.36. The van der Waals surface area contributed by atoms with Crippen molar-refractivity contribution >= 4 is 17.9 Å². The molecule has 0 saturated heterocycles. The van der Waals surface area contributed by atoms with Crippen molar-refractivity contribution in [1.29, 1.82) is 0 Å². The highest BCUT2D eigenvalue weighted by Gasteiger charge is 2.22. The van der Waals surface area contributed by atoms with E-state index in [9.17, 15) is 19.5 Å². The van der Waals surface area contributed by atoms with Crippen LogP contribution in [0.2, 0.25) is 0 Å². The van der Waals surface area contributed by atoms with Crippen molar-refractivity contribution in [1.82, 2.24) is 0 Å². The molecule has 0 aliphatic rings. The molecule has 0 bridgehead atoms. The first-order valence-electron chi connectivity index (χ1n) is 26.8. The SMILES string of the molecule is CCCCCCC/C=C\C/C=C\C/C=C\CCCCCCCCCCCCC(=O)OC(COC(=O)CCCCCCC/C=C\CCCCCCCC)COC(OCC[N+](C)(C)C)C(=O)[O-]. The molecule has 0 spiro atoms. The van der Waals surface area contributed by atoms with Crippen LogP contribution >= 0.6 is 0 Å². The van der Waals surface area contributed by atoms with E-state index in [1.54, 1.807) is 0 Å². The smallest absolute Gasteiger partial charge is 0.306 e. The predicted octanol–water partition coefficient (Wildman–Crippen LogP) is 13.8. The molecular weight excluding hydrogens is 815 g/mol. The quantitative estimate of drug-likeness (QED) is 0.0195. The zero-order chi connectivity index (χ0) is 47.7. The third kappa shape index (κ3) is 49.0. The Morgan fingerprint density at radius 3 is 1.25 bits per heavy atom. The van der Waals surface area contributed by atoms with Crippen LogP contribution in [0.15, 0.2) is 48.6 Å². The van der Waals surface area contributed by atoms with Gasteiger partial charge < -0.3 is 33.3 Å². The van der Waals surface area contributed by atoms with Crippen LogP contribution in [0.4, 0.5) is 0 Å². The van der Waals surface area contributed by atoms with E-state index in [-0.39, 0.29) is 38.6 Å². The van der Waals surface area contributed by atoms with Gasteiger partial charge in [0.1, 0.15) is 13.2 Å². The van der Waals surface area contributed by atoms with Crippen LogP contribution < -0.4 is 5.11 Å². The third-order valence-electron chi connectivity index (χ3n) is 11.5. The molecule has 0 aliphatic heterocycles. The molecule has 0 radical (unpaired) electrons. The number of hydrogen-bond donors (Lipinski definition) is 0. The van der Waals surface area contributed by atoms with Gasteiger partial charge in [0.2, 0.25) is 0 Å². The minimum atomic E-state index is -1.62. The van der Waals surface area contributed by atoms with Crippen LogP contribution in [0.5, 0.6) is 0 Å². The summed E-state index contributed by atoms with van der Waals surface area (Å²) in [6, 6.07) is 0. The van der Waals surface area contributed by atoms with Gasteiger partial charge in [-0.2, -0.15) is 0 Å². The second-order valence-electron chi connectivity index (χ2n) is 19.2. The fourth-order valence-corrected chi connectivity index (χ4v) is 7.36. The molecule has 9 heteroatoms. The van der Waals surface area contributed by atoms with Crippen LogP contribution in [-0.2, 0) is 33.3 Å². The molecule has 0 amide bonds. The summed E-state index contributed by atoms with van der Waals surface area (Å²) in [4.78, 5) is 37.2. The molecule has 2 atom stereocenters. The highest BCUT2D eigenvalue weighted by atomic mass is 16.7. The zero-order valence-electron chi connectivity index (χ0n) is 42.9. The Labute approximate surface area is 400 Å². The van der Waals surface area contributed by atoms with Gasteiger partial charge in [0.15, 0.2) is 12.4 Å². The number of carboxylic acids is 1. The number of unbranched alkanes of at least 4 members (excludes halogenated alkanes) is 26. The first-order valence-corrected chi connectivity index (χ1v) is 26.8. The lowest BCUT2D eigenvalue weighted by Crippen LogP contribution is -2.44. The lowest BCUT2D eigenvalue weighted by Gasteiger charge is -2.26. The highest BCUT2D eigenvalue weighted by Crippen LogP contribution is 2.15. The first-order chi connectivity index (χ1) is 31.6. The molecule has 0 heterocycles. The molecule has 0 N–H and O–H groups in total. The topological polar surface area (TPSA) is 111 Å². The van der Waals surface area contributed by atoms with Crippen molar-refractivity contribution in [3.63, 3.8) is 0 Å². The van der Waals surface area contributed by atoms with Gasteiger partial charge in [-0.15, -0.1) is 0 Å². The van der Waals surface area contributed by atoms with Crippen molar-refractivity contribution in [3.8, 4) is 0 Å². The number of hydrogen-bond acceptors (Lipinski definition) is 8. The number of quaternary nitrogens is 1. The average molecular weight is 916 g/mol. The van der Waals surface area contributed by atoms with Crippen molar-refractivity contribution < 1.29 is 42.9 Å². The number of carbonyl (C=O) groups excluding carboxylic acids is 3. The molecule has 9 nitrogen and oxygen atoms in total. The molecule has 0 rings (SSSR count). The number of aliphatic carboxylic acids is 1.